The van der Waals surface area contributed by atoms with Crippen LogP contribution in [0.2, 0.25) is 5.02 Å². The van der Waals surface area contributed by atoms with Gasteiger partial charge >= 0.3 is 0 Å². The lowest BCUT2D eigenvalue weighted by molar-refractivity contribution is 0.314. The van der Waals surface area contributed by atoms with E-state index in [4.69, 9.17) is 16.3 Å². The van der Waals surface area contributed by atoms with Crippen LogP contribution in [0.3, 0.4) is 0 Å². The van der Waals surface area contributed by atoms with Gasteiger partial charge in [0, 0.05) is 18.1 Å². The van der Waals surface area contributed by atoms with Gasteiger partial charge in [0.2, 0.25) is 10.0 Å². The molecule has 0 radical (unpaired) electrons. The first-order chi connectivity index (χ1) is 12.5. The fraction of sp³-hybridized carbons (Fsp3) is 0.211. The van der Waals surface area contributed by atoms with Gasteiger partial charge in [-0.1, -0.05) is 35.9 Å². The summed E-state index contributed by atoms with van der Waals surface area (Å²) in [6.45, 7) is 2.49. The van der Waals surface area contributed by atoms with Gasteiger partial charge < -0.3 is 4.74 Å². The quantitative estimate of drug-likeness (QED) is 0.620. The number of halogens is 1. The fourth-order valence-corrected chi connectivity index (χ4v) is 4.23. The fourth-order valence-electron chi connectivity index (χ4n) is 2.56. The number of hydrogen-bond acceptors (Lipinski definition) is 4. The molecule has 3 aromatic rings. The van der Waals surface area contributed by atoms with Crippen molar-refractivity contribution in [3.05, 3.63) is 65.3 Å². The number of fused-ring (bicyclic) bond motifs is 1. The van der Waals surface area contributed by atoms with Crippen LogP contribution in [-0.4, -0.2) is 26.6 Å². The highest BCUT2D eigenvalue weighted by Crippen LogP contribution is 2.23. The Kier molecular flexibility index (Phi) is 5.76. The lowest BCUT2D eigenvalue weighted by Gasteiger charge is -2.10. The molecule has 136 valence electrons. The zero-order chi connectivity index (χ0) is 18.6. The second kappa shape index (κ2) is 8.03. The number of nitrogens with zero attached hydrogens (tertiary/aromatic N) is 1. The maximum atomic E-state index is 12.3. The van der Waals surface area contributed by atoms with Gasteiger partial charge in [-0.3, -0.25) is 4.98 Å². The van der Waals surface area contributed by atoms with Crippen molar-refractivity contribution < 1.29 is 13.2 Å². The van der Waals surface area contributed by atoms with Crippen LogP contribution in [0.25, 0.3) is 10.9 Å². The number of aryl methyl sites for hydroxylation is 1. The SMILES string of the molecule is Cc1ccc(S(=O)(=O)NCCCOc2cccc3cccnc23)c(Cl)c1. The number of benzene rings is 2. The van der Waals surface area contributed by atoms with Gasteiger partial charge in [-0.2, -0.15) is 0 Å². The first-order valence-corrected chi connectivity index (χ1v) is 10.1. The lowest BCUT2D eigenvalue weighted by atomic mass is 10.2. The van der Waals surface area contributed by atoms with Crippen molar-refractivity contribution in [3.63, 3.8) is 0 Å². The van der Waals surface area contributed by atoms with Crippen LogP contribution in [0.15, 0.2) is 59.6 Å². The number of hydrogen-bond donors (Lipinski definition) is 1. The molecule has 3 rings (SSSR count). The van der Waals surface area contributed by atoms with Gasteiger partial charge in [0.1, 0.15) is 16.2 Å². The Labute approximate surface area is 158 Å². The normalized spacial score (nSPS) is 11.6. The topological polar surface area (TPSA) is 68.3 Å². The minimum Gasteiger partial charge on any atom is -0.491 e. The Bertz CT molecular complexity index is 1020. The maximum Gasteiger partial charge on any atom is 0.242 e. The van der Waals surface area contributed by atoms with E-state index < -0.39 is 10.0 Å². The molecule has 0 saturated carbocycles. The third-order valence-corrected chi connectivity index (χ3v) is 5.79. The average molecular weight is 391 g/mol. The second-order valence-electron chi connectivity index (χ2n) is 5.86. The van der Waals surface area contributed by atoms with Crippen molar-refractivity contribution in [2.75, 3.05) is 13.2 Å². The van der Waals surface area contributed by atoms with Crippen LogP contribution >= 0.6 is 11.6 Å². The summed E-state index contributed by atoms with van der Waals surface area (Å²) in [5.74, 6) is 0.688. The van der Waals surface area contributed by atoms with E-state index in [9.17, 15) is 8.42 Å². The number of sulfonamides is 1. The summed E-state index contributed by atoms with van der Waals surface area (Å²) in [6, 6.07) is 14.4. The summed E-state index contributed by atoms with van der Waals surface area (Å²) >= 11 is 6.04. The van der Waals surface area contributed by atoms with E-state index in [1.807, 2.05) is 37.3 Å². The lowest BCUT2D eigenvalue weighted by Crippen LogP contribution is -2.26. The van der Waals surface area contributed by atoms with Crippen molar-refractivity contribution in [2.45, 2.75) is 18.2 Å². The van der Waals surface area contributed by atoms with Crippen molar-refractivity contribution in [1.82, 2.24) is 9.71 Å². The van der Waals surface area contributed by atoms with E-state index in [1.165, 1.54) is 6.07 Å². The zero-order valence-corrected chi connectivity index (χ0v) is 15.8. The zero-order valence-electron chi connectivity index (χ0n) is 14.3. The van der Waals surface area contributed by atoms with Gasteiger partial charge in [0.25, 0.3) is 0 Å². The Morgan fingerprint density at radius 2 is 1.96 bits per heavy atom. The van der Waals surface area contributed by atoms with Gasteiger partial charge in [0.05, 0.1) is 11.6 Å². The molecule has 0 bridgehead atoms. The predicted octanol–water partition coefficient (Wildman–Crippen LogP) is 3.94. The van der Waals surface area contributed by atoms with Crippen molar-refractivity contribution in [1.29, 1.82) is 0 Å². The van der Waals surface area contributed by atoms with Crippen LogP contribution in [0.1, 0.15) is 12.0 Å². The van der Waals surface area contributed by atoms with E-state index in [2.05, 4.69) is 9.71 Å². The Morgan fingerprint density at radius 3 is 2.77 bits per heavy atom. The molecule has 2 aromatic carbocycles. The minimum atomic E-state index is -3.64. The van der Waals surface area contributed by atoms with Gasteiger partial charge in [-0.25, -0.2) is 13.1 Å². The molecule has 0 atom stereocenters. The molecule has 1 heterocycles. The molecule has 0 amide bonds. The summed E-state index contributed by atoms with van der Waals surface area (Å²) in [6.07, 6.45) is 2.24. The largest absolute Gasteiger partial charge is 0.491 e. The summed E-state index contributed by atoms with van der Waals surface area (Å²) in [7, 11) is -3.64. The van der Waals surface area contributed by atoms with E-state index in [-0.39, 0.29) is 16.5 Å². The van der Waals surface area contributed by atoms with Crippen LogP contribution in [0.5, 0.6) is 5.75 Å². The number of nitrogens with one attached hydrogen (secondary N) is 1. The Morgan fingerprint density at radius 1 is 1.15 bits per heavy atom. The van der Waals surface area contributed by atoms with Crippen LogP contribution in [-0.2, 0) is 10.0 Å². The first kappa shape index (κ1) is 18.6. The molecule has 26 heavy (non-hydrogen) atoms. The van der Waals surface area contributed by atoms with E-state index in [1.54, 1.807) is 18.3 Å². The molecule has 5 nitrogen and oxygen atoms in total. The minimum absolute atomic E-state index is 0.0870. The third kappa shape index (κ3) is 4.33. The number of rotatable bonds is 7. The standard InChI is InChI=1S/C19H19ClN2O3S/c1-14-8-9-18(16(20)13-14)26(23,24)22-11-4-12-25-17-7-2-5-15-6-3-10-21-19(15)17/h2-3,5-10,13,22H,4,11-12H2,1H3. The number of ether oxygens (including phenoxy) is 1. The molecular formula is C19H19ClN2O3S. The molecule has 0 fully saturated rings. The van der Waals surface area contributed by atoms with Gasteiger partial charge in [-0.05, 0) is 43.2 Å². The van der Waals surface area contributed by atoms with E-state index in [0.29, 0.717) is 18.8 Å². The highest BCUT2D eigenvalue weighted by atomic mass is 35.5. The maximum absolute atomic E-state index is 12.3. The molecule has 0 aliphatic carbocycles. The van der Waals surface area contributed by atoms with E-state index in [0.717, 1.165) is 16.5 Å². The molecule has 7 heteroatoms. The second-order valence-corrected chi connectivity index (χ2v) is 8.01. The Hall–Kier alpha value is -2.15. The molecule has 0 unspecified atom stereocenters. The third-order valence-electron chi connectivity index (χ3n) is 3.84. The molecule has 1 aromatic heterocycles. The Balaban J connectivity index is 1.55. The van der Waals surface area contributed by atoms with Gasteiger partial charge in [0.15, 0.2) is 0 Å². The smallest absolute Gasteiger partial charge is 0.242 e. The van der Waals surface area contributed by atoms with Gasteiger partial charge in [-0.15, -0.1) is 0 Å². The van der Waals surface area contributed by atoms with E-state index >= 15 is 0 Å². The predicted molar refractivity (Wildman–Crippen MR) is 103 cm³/mol. The summed E-state index contributed by atoms with van der Waals surface area (Å²) in [4.78, 5) is 4.41. The van der Waals surface area contributed by atoms with Crippen LogP contribution in [0, 0.1) is 6.92 Å². The monoisotopic (exact) mass is 390 g/mol. The number of pyridine rings is 1. The van der Waals surface area contributed by atoms with Crippen molar-refractivity contribution in [2.24, 2.45) is 0 Å². The molecule has 0 aliphatic heterocycles. The van der Waals surface area contributed by atoms with Crippen molar-refractivity contribution in [3.8, 4) is 5.75 Å². The molecular weight excluding hydrogens is 372 g/mol. The number of para-hydroxylation sites is 1. The summed E-state index contributed by atoms with van der Waals surface area (Å²) in [5, 5.41) is 1.22. The van der Waals surface area contributed by atoms with Crippen LogP contribution in [0.4, 0.5) is 0 Å². The highest BCUT2D eigenvalue weighted by molar-refractivity contribution is 7.89. The molecule has 0 aliphatic rings. The molecule has 0 saturated heterocycles. The molecule has 0 spiro atoms. The highest BCUT2D eigenvalue weighted by Gasteiger charge is 2.17. The first-order valence-electron chi connectivity index (χ1n) is 8.20. The number of aromatic nitrogens is 1. The average Bonchev–Trinajstić information content (AvgIpc) is 2.61. The summed E-state index contributed by atoms with van der Waals surface area (Å²) in [5.41, 5.74) is 1.70. The van der Waals surface area contributed by atoms with Crippen molar-refractivity contribution >= 4 is 32.5 Å². The summed E-state index contributed by atoms with van der Waals surface area (Å²) < 4.78 is 33.0. The van der Waals surface area contributed by atoms with Crippen LogP contribution < -0.4 is 9.46 Å². The molecule has 1 N–H and O–H groups in total.